The summed E-state index contributed by atoms with van der Waals surface area (Å²) in [5, 5.41) is 2.62. The van der Waals surface area contributed by atoms with Gasteiger partial charge in [0.25, 0.3) is 5.91 Å². The van der Waals surface area contributed by atoms with Crippen LogP contribution in [-0.2, 0) is 9.53 Å². The summed E-state index contributed by atoms with van der Waals surface area (Å²) in [6, 6.07) is 9.48. The number of furan rings is 1. The predicted octanol–water partition coefficient (Wildman–Crippen LogP) is 2.67. The van der Waals surface area contributed by atoms with Gasteiger partial charge in [-0.15, -0.1) is 0 Å². The van der Waals surface area contributed by atoms with Crippen molar-refractivity contribution in [3.8, 4) is 0 Å². The van der Waals surface area contributed by atoms with Gasteiger partial charge in [0.1, 0.15) is 6.42 Å². The third-order valence-corrected chi connectivity index (χ3v) is 2.80. The van der Waals surface area contributed by atoms with Crippen LogP contribution in [0.5, 0.6) is 0 Å². The van der Waals surface area contributed by atoms with E-state index in [1.165, 1.54) is 18.4 Å². The topological polar surface area (TPSA) is 85.6 Å². The number of benzene rings is 1. The van der Waals surface area contributed by atoms with Crippen LogP contribution in [0.15, 0.2) is 47.1 Å². The molecule has 0 radical (unpaired) electrons. The van der Waals surface area contributed by atoms with Gasteiger partial charge in [-0.3, -0.25) is 14.4 Å². The zero-order valence-corrected chi connectivity index (χ0v) is 12.0. The average molecular weight is 301 g/mol. The maximum Gasteiger partial charge on any atom is 0.313 e. The summed E-state index contributed by atoms with van der Waals surface area (Å²) in [6.45, 7) is 1.90. The molecule has 0 saturated carbocycles. The van der Waals surface area contributed by atoms with Crippen molar-refractivity contribution in [1.82, 2.24) is 0 Å². The molecule has 2 aromatic rings. The van der Waals surface area contributed by atoms with E-state index < -0.39 is 11.9 Å². The Labute approximate surface area is 127 Å². The summed E-state index contributed by atoms with van der Waals surface area (Å²) < 4.78 is 9.72. The average Bonchev–Trinajstić information content (AvgIpc) is 3.02. The zero-order valence-electron chi connectivity index (χ0n) is 12.0. The lowest BCUT2D eigenvalue weighted by atomic mass is 10.1. The summed E-state index contributed by atoms with van der Waals surface area (Å²) >= 11 is 0. The van der Waals surface area contributed by atoms with Gasteiger partial charge in [0.05, 0.1) is 12.9 Å². The number of amides is 1. The molecule has 0 bridgehead atoms. The quantitative estimate of drug-likeness (QED) is 0.503. The van der Waals surface area contributed by atoms with Crippen molar-refractivity contribution in [2.75, 3.05) is 11.9 Å². The molecule has 0 aliphatic carbocycles. The second kappa shape index (κ2) is 7.21. The third-order valence-electron chi connectivity index (χ3n) is 2.80. The standard InChI is InChI=1S/C16H15NO5/c1-2-21-15(19)10-13(18)11-5-3-6-12(9-11)17-16(20)14-7-4-8-22-14/h3-9H,2,10H2,1H3,(H,17,20). The Hall–Kier alpha value is -2.89. The molecule has 0 atom stereocenters. The van der Waals surface area contributed by atoms with Crippen molar-refractivity contribution in [1.29, 1.82) is 0 Å². The summed E-state index contributed by atoms with van der Waals surface area (Å²) in [4.78, 5) is 35.1. The summed E-state index contributed by atoms with van der Waals surface area (Å²) in [5.74, 6) is -1.19. The van der Waals surface area contributed by atoms with Gasteiger partial charge in [0.15, 0.2) is 11.5 Å². The molecule has 1 aromatic heterocycles. The van der Waals surface area contributed by atoms with Crippen molar-refractivity contribution in [3.63, 3.8) is 0 Å². The van der Waals surface area contributed by atoms with Crippen LogP contribution in [0.3, 0.4) is 0 Å². The van der Waals surface area contributed by atoms with Gasteiger partial charge >= 0.3 is 5.97 Å². The highest BCUT2D eigenvalue weighted by molar-refractivity contribution is 6.07. The van der Waals surface area contributed by atoms with Gasteiger partial charge < -0.3 is 14.5 Å². The van der Waals surface area contributed by atoms with Gasteiger partial charge in [-0.2, -0.15) is 0 Å². The minimum Gasteiger partial charge on any atom is -0.466 e. The lowest BCUT2D eigenvalue weighted by Gasteiger charge is -2.06. The van der Waals surface area contributed by atoms with E-state index in [0.29, 0.717) is 11.3 Å². The van der Waals surface area contributed by atoms with E-state index >= 15 is 0 Å². The highest BCUT2D eigenvalue weighted by Crippen LogP contribution is 2.14. The first kappa shape index (κ1) is 15.5. The van der Waals surface area contributed by atoms with Gasteiger partial charge in [-0.25, -0.2) is 0 Å². The van der Waals surface area contributed by atoms with E-state index in [0.717, 1.165) is 0 Å². The van der Waals surface area contributed by atoms with Crippen LogP contribution in [-0.4, -0.2) is 24.3 Å². The first-order chi connectivity index (χ1) is 10.6. The minimum atomic E-state index is -0.572. The maximum atomic E-state index is 12.0. The molecular formula is C16H15NO5. The Morgan fingerprint density at radius 3 is 2.68 bits per heavy atom. The number of ether oxygens (including phenoxy) is 1. The molecule has 114 valence electrons. The summed E-state index contributed by atoms with van der Waals surface area (Å²) in [7, 11) is 0. The van der Waals surface area contributed by atoms with Gasteiger partial charge in [-0.1, -0.05) is 12.1 Å². The number of carbonyl (C=O) groups is 3. The minimum absolute atomic E-state index is 0.170. The van der Waals surface area contributed by atoms with Gasteiger partial charge in [0, 0.05) is 11.3 Å². The number of carbonyl (C=O) groups excluding carboxylic acids is 3. The maximum absolute atomic E-state index is 12.0. The third kappa shape index (κ3) is 4.05. The van der Waals surface area contributed by atoms with E-state index in [4.69, 9.17) is 9.15 Å². The molecule has 22 heavy (non-hydrogen) atoms. The first-order valence-electron chi connectivity index (χ1n) is 6.74. The van der Waals surface area contributed by atoms with Crippen LogP contribution in [0.1, 0.15) is 34.3 Å². The highest BCUT2D eigenvalue weighted by Gasteiger charge is 2.14. The van der Waals surface area contributed by atoms with Crippen LogP contribution < -0.4 is 5.32 Å². The molecule has 6 heteroatoms. The number of nitrogens with one attached hydrogen (secondary N) is 1. The number of hydrogen-bond acceptors (Lipinski definition) is 5. The Balaban J connectivity index is 2.05. The summed E-state index contributed by atoms with van der Waals surface area (Å²) in [6.07, 6.45) is 1.07. The molecule has 1 heterocycles. The van der Waals surface area contributed by atoms with Crippen molar-refractivity contribution < 1.29 is 23.5 Å². The van der Waals surface area contributed by atoms with E-state index in [2.05, 4.69) is 5.32 Å². The van der Waals surface area contributed by atoms with Crippen LogP contribution in [0.25, 0.3) is 0 Å². The second-order valence-corrected chi connectivity index (χ2v) is 4.42. The number of Topliss-reactive ketones (excluding diaryl/α,β-unsaturated/α-hetero) is 1. The lowest BCUT2D eigenvalue weighted by molar-refractivity contribution is -0.141. The van der Waals surface area contributed by atoms with Crippen molar-refractivity contribution >= 4 is 23.3 Å². The molecule has 0 unspecified atom stereocenters. The predicted molar refractivity (Wildman–Crippen MR) is 78.7 cm³/mol. The van der Waals surface area contributed by atoms with Crippen LogP contribution in [0.2, 0.25) is 0 Å². The Bertz CT molecular complexity index is 676. The molecule has 2 rings (SSSR count). The molecule has 1 aromatic carbocycles. The van der Waals surface area contributed by atoms with E-state index in [1.54, 1.807) is 31.2 Å². The lowest BCUT2D eigenvalue weighted by Crippen LogP contribution is -2.13. The Morgan fingerprint density at radius 2 is 2.00 bits per heavy atom. The van der Waals surface area contributed by atoms with Crippen LogP contribution >= 0.6 is 0 Å². The van der Waals surface area contributed by atoms with E-state index in [1.807, 2.05) is 0 Å². The molecule has 0 fully saturated rings. The summed E-state index contributed by atoms with van der Waals surface area (Å²) in [5.41, 5.74) is 0.765. The van der Waals surface area contributed by atoms with Gasteiger partial charge in [-0.05, 0) is 31.2 Å². The van der Waals surface area contributed by atoms with Crippen LogP contribution in [0, 0.1) is 0 Å². The smallest absolute Gasteiger partial charge is 0.313 e. The highest BCUT2D eigenvalue weighted by atomic mass is 16.5. The van der Waals surface area contributed by atoms with Crippen molar-refractivity contribution in [2.45, 2.75) is 13.3 Å². The molecule has 0 aliphatic rings. The molecule has 0 saturated heterocycles. The fourth-order valence-corrected chi connectivity index (χ4v) is 1.82. The van der Waals surface area contributed by atoms with E-state index in [-0.39, 0.29) is 24.6 Å². The fraction of sp³-hybridized carbons (Fsp3) is 0.188. The molecule has 0 aliphatic heterocycles. The Morgan fingerprint density at radius 1 is 1.18 bits per heavy atom. The molecule has 1 amide bonds. The monoisotopic (exact) mass is 301 g/mol. The largest absolute Gasteiger partial charge is 0.466 e. The van der Waals surface area contributed by atoms with Gasteiger partial charge in [0.2, 0.25) is 0 Å². The zero-order chi connectivity index (χ0) is 15.9. The molecule has 0 spiro atoms. The second-order valence-electron chi connectivity index (χ2n) is 4.42. The Kier molecular flexibility index (Phi) is 5.08. The first-order valence-corrected chi connectivity index (χ1v) is 6.74. The number of rotatable bonds is 6. The normalized spacial score (nSPS) is 10.0. The molecular weight excluding hydrogens is 286 g/mol. The number of hydrogen-bond donors (Lipinski definition) is 1. The molecule has 6 nitrogen and oxygen atoms in total. The fourth-order valence-electron chi connectivity index (χ4n) is 1.82. The number of anilines is 1. The number of ketones is 1. The van der Waals surface area contributed by atoms with Crippen molar-refractivity contribution in [3.05, 3.63) is 54.0 Å². The van der Waals surface area contributed by atoms with Crippen LogP contribution in [0.4, 0.5) is 5.69 Å². The van der Waals surface area contributed by atoms with E-state index in [9.17, 15) is 14.4 Å². The SMILES string of the molecule is CCOC(=O)CC(=O)c1cccc(NC(=O)c2ccco2)c1. The number of esters is 1. The molecule has 1 N–H and O–H groups in total. The van der Waals surface area contributed by atoms with Crippen molar-refractivity contribution in [2.24, 2.45) is 0 Å².